The molecule has 0 N–H and O–H groups in total. The maximum atomic E-state index is 13.1. The summed E-state index contributed by atoms with van der Waals surface area (Å²) in [5, 5.41) is 0.582. The van der Waals surface area contributed by atoms with E-state index in [1.54, 1.807) is 48.5 Å². The molecule has 0 heterocycles. The molecule has 0 aliphatic carbocycles. The van der Waals surface area contributed by atoms with Gasteiger partial charge in [-0.3, -0.25) is 9.59 Å². The first-order chi connectivity index (χ1) is 12.2. The van der Waals surface area contributed by atoms with Gasteiger partial charge in [-0.05, 0) is 10.9 Å². The molecule has 0 saturated heterocycles. The highest BCUT2D eigenvalue weighted by molar-refractivity contribution is 7.97. The largest absolute Gasteiger partial charge is 0.288 e. The first kappa shape index (κ1) is 17.0. The van der Waals surface area contributed by atoms with Crippen molar-refractivity contribution in [3.8, 4) is 0 Å². The van der Waals surface area contributed by atoms with Crippen LogP contribution in [-0.4, -0.2) is 11.0 Å². The summed E-state index contributed by atoms with van der Waals surface area (Å²) in [5.41, 5.74) is 1.56. The van der Waals surface area contributed by atoms with Crippen LogP contribution >= 0.6 is 7.92 Å². The van der Waals surface area contributed by atoms with Crippen molar-refractivity contribution in [1.82, 2.24) is 0 Å². The van der Waals surface area contributed by atoms with Crippen molar-refractivity contribution in [2.24, 2.45) is 0 Å². The van der Waals surface area contributed by atoms with Crippen LogP contribution in [0.2, 0.25) is 0 Å². The first-order valence-corrected chi connectivity index (χ1v) is 9.26. The van der Waals surface area contributed by atoms with Gasteiger partial charge in [-0.25, -0.2) is 0 Å². The van der Waals surface area contributed by atoms with Crippen molar-refractivity contribution in [2.75, 3.05) is 0 Å². The molecular weight excluding hydrogens is 327 g/mol. The van der Waals surface area contributed by atoms with Gasteiger partial charge in [0.15, 0.2) is 11.0 Å². The lowest BCUT2D eigenvalue weighted by Gasteiger charge is -2.18. The predicted octanol–water partition coefficient (Wildman–Crippen LogP) is 5.82. The fourth-order valence-corrected chi connectivity index (χ4v) is 4.41. The summed E-state index contributed by atoms with van der Waals surface area (Å²) in [6.45, 7) is 4.11. The fraction of sp³-hybridized carbons (Fsp3) is 0. The quantitative estimate of drug-likeness (QED) is 0.528. The van der Waals surface area contributed by atoms with Gasteiger partial charge < -0.3 is 0 Å². The normalized spacial score (nSPS) is 10.4. The molecular formula is C22H17O2P. The molecule has 0 fully saturated rings. The Bertz CT molecular complexity index is 765. The van der Waals surface area contributed by atoms with Gasteiger partial charge in [0.2, 0.25) is 0 Å². The molecule has 3 rings (SSSR count). The molecule has 0 aliphatic heterocycles. The van der Waals surface area contributed by atoms with E-state index in [0.717, 1.165) is 5.56 Å². The molecule has 0 atom stereocenters. The Kier molecular flexibility index (Phi) is 5.33. The molecule has 0 bridgehead atoms. The fourth-order valence-electron chi connectivity index (χ4n) is 2.52. The summed E-state index contributed by atoms with van der Waals surface area (Å²) in [5.74, 6) is 0. The Morgan fingerprint density at radius 2 is 0.880 bits per heavy atom. The highest BCUT2D eigenvalue weighted by Gasteiger charge is 2.31. The standard InChI is InChI=1S/C22H17O2P/c1-17(18-11-5-2-6-12-18)25(21(23)19-13-7-3-8-14-19)22(24)20-15-9-4-10-16-20/h2-16H,1H2. The van der Waals surface area contributed by atoms with Crippen LogP contribution in [0.3, 0.4) is 0 Å². The van der Waals surface area contributed by atoms with Gasteiger partial charge in [-0.2, -0.15) is 0 Å². The van der Waals surface area contributed by atoms with Crippen molar-refractivity contribution in [1.29, 1.82) is 0 Å². The van der Waals surface area contributed by atoms with Gasteiger partial charge in [-0.15, -0.1) is 0 Å². The second kappa shape index (κ2) is 7.83. The summed E-state index contributed by atoms with van der Waals surface area (Å²) in [6, 6.07) is 27.3. The second-order valence-electron chi connectivity index (χ2n) is 5.49. The van der Waals surface area contributed by atoms with Gasteiger partial charge in [0, 0.05) is 11.1 Å². The zero-order chi connectivity index (χ0) is 17.6. The SMILES string of the molecule is C=C(c1ccccc1)P(C(=O)c1ccccc1)C(=O)c1ccccc1. The summed E-state index contributed by atoms with van der Waals surface area (Å²) in [4.78, 5) is 26.2. The average Bonchev–Trinajstić information content (AvgIpc) is 2.70. The van der Waals surface area contributed by atoms with E-state index in [1.807, 2.05) is 42.5 Å². The molecule has 0 unspecified atom stereocenters. The van der Waals surface area contributed by atoms with Gasteiger partial charge in [0.1, 0.15) is 0 Å². The zero-order valence-corrected chi connectivity index (χ0v) is 14.5. The Morgan fingerprint density at radius 1 is 0.560 bits per heavy atom. The van der Waals surface area contributed by atoms with Crippen LogP contribution < -0.4 is 0 Å². The van der Waals surface area contributed by atoms with Crippen LogP contribution in [-0.2, 0) is 0 Å². The van der Waals surface area contributed by atoms with E-state index in [4.69, 9.17) is 0 Å². The number of benzene rings is 3. The van der Waals surface area contributed by atoms with Crippen LogP contribution in [0, 0.1) is 0 Å². The maximum Gasteiger partial charge on any atom is 0.196 e. The number of rotatable bonds is 6. The second-order valence-corrected chi connectivity index (χ2v) is 7.51. The average molecular weight is 344 g/mol. The lowest BCUT2D eigenvalue weighted by molar-refractivity contribution is 0.105. The van der Waals surface area contributed by atoms with E-state index in [-0.39, 0.29) is 11.0 Å². The van der Waals surface area contributed by atoms with Gasteiger partial charge in [-0.1, -0.05) is 97.6 Å². The Balaban J connectivity index is 2.04. The molecule has 0 aliphatic rings. The smallest absolute Gasteiger partial charge is 0.196 e. The van der Waals surface area contributed by atoms with Crippen molar-refractivity contribution in [2.45, 2.75) is 0 Å². The molecule has 0 aromatic heterocycles. The third-order valence-corrected chi connectivity index (χ3v) is 5.95. The molecule has 3 aromatic rings. The lowest BCUT2D eigenvalue weighted by atomic mass is 10.2. The predicted molar refractivity (Wildman–Crippen MR) is 104 cm³/mol. The van der Waals surface area contributed by atoms with E-state index in [0.29, 0.717) is 16.4 Å². The van der Waals surface area contributed by atoms with Crippen molar-refractivity contribution in [3.05, 3.63) is 114 Å². The molecule has 0 radical (unpaired) electrons. The van der Waals surface area contributed by atoms with Crippen molar-refractivity contribution < 1.29 is 9.59 Å². The minimum Gasteiger partial charge on any atom is -0.288 e. The lowest BCUT2D eigenvalue weighted by Crippen LogP contribution is -2.07. The molecule has 0 amide bonds. The topological polar surface area (TPSA) is 34.1 Å². The minimum atomic E-state index is -1.75. The summed E-state index contributed by atoms with van der Waals surface area (Å²) < 4.78 is 0. The number of carbonyl (C=O) groups excluding carboxylic acids is 2. The van der Waals surface area contributed by atoms with E-state index in [9.17, 15) is 9.59 Å². The van der Waals surface area contributed by atoms with E-state index in [2.05, 4.69) is 6.58 Å². The van der Waals surface area contributed by atoms with E-state index in [1.165, 1.54) is 0 Å². The monoisotopic (exact) mass is 344 g/mol. The third-order valence-electron chi connectivity index (χ3n) is 3.82. The molecule has 122 valence electrons. The molecule has 2 nitrogen and oxygen atoms in total. The Labute approximate surface area is 148 Å². The van der Waals surface area contributed by atoms with Crippen LogP contribution in [0.25, 0.3) is 5.31 Å². The third kappa shape index (κ3) is 3.81. The highest BCUT2D eigenvalue weighted by Crippen LogP contribution is 2.54. The zero-order valence-electron chi connectivity index (χ0n) is 13.6. The minimum absolute atomic E-state index is 0.168. The van der Waals surface area contributed by atoms with Crippen molar-refractivity contribution >= 4 is 24.3 Å². The summed E-state index contributed by atoms with van der Waals surface area (Å²) in [6.07, 6.45) is 0. The van der Waals surface area contributed by atoms with Gasteiger partial charge in [0.25, 0.3) is 0 Å². The van der Waals surface area contributed by atoms with Crippen LogP contribution in [0.15, 0.2) is 97.6 Å². The molecule has 3 heteroatoms. The van der Waals surface area contributed by atoms with E-state index < -0.39 is 7.92 Å². The highest BCUT2D eigenvalue weighted by atomic mass is 31.1. The Morgan fingerprint density at radius 3 is 1.24 bits per heavy atom. The number of hydrogen-bond acceptors (Lipinski definition) is 2. The maximum absolute atomic E-state index is 13.1. The number of carbonyl (C=O) groups is 2. The summed E-state index contributed by atoms with van der Waals surface area (Å²) in [7, 11) is -1.75. The number of hydrogen-bond donors (Lipinski definition) is 0. The van der Waals surface area contributed by atoms with Gasteiger partial charge in [0.05, 0.1) is 7.92 Å². The van der Waals surface area contributed by atoms with Gasteiger partial charge >= 0.3 is 0 Å². The Hall–Kier alpha value is -2.83. The molecule has 0 saturated carbocycles. The van der Waals surface area contributed by atoms with E-state index >= 15 is 0 Å². The first-order valence-electron chi connectivity index (χ1n) is 7.91. The van der Waals surface area contributed by atoms with Crippen LogP contribution in [0.5, 0.6) is 0 Å². The summed E-state index contributed by atoms with van der Waals surface area (Å²) >= 11 is 0. The molecule has 0 spiro atoms. The van der Waals surface area contributed by atoms with Crippen molar-refractivity contribution in [3.63, 3.8) is 0 Å². The van der Waals surface area contributed by atoms with Crippen LogP contribution in [0.1, 0.15) is 26.3 Å². The molecule has 3 aromatic carbocycles. The molecule has 25 heavy (non-hydrogen) atoms. The van der Waals surface area contributed by atoms with Crippen LogP contribution in [0.4, 0.5) is 0 Å².